The molecule has 4 aromatic rings. The molecule has 2 aromatic carbocycles. The van der Waals surface area contributed by atoms with E-state index in [0.717, 1.165) is 37.3 Å². The SMILES string of the molecule is C[C@@H](c1nc2ccccc2s1)N1CCN(Cc2nc(-c3cccc(Cl)c3)no2)CC1. The number of hydrogen-bond acceptors (Lipinski definition) is 7. The number of benzene rings is 2. The zero-order valence-electron chi connectivity index (χ0n) is 16.7. The van der Waals surface area contributed by atoms with Gasteiger partial charge in [-0.3, -0.25) is 9.80 Å². The van der Waals surface area contributed by atoms with Crippen molar-refractivity contribution >= 4 is 33.2 Å². The lowest BCUT2D eigenvalue weighted by molar-refractivity contribution is 0.0905. The van der Waals surface area contributed by atoms with Crippen LogP contribution >= 0.6 is 22.9 Å². The Kier molecular flexibility index (Phi) is 5.52. The Morgan fingerprint density at radius 3 is 2.70 bits per heavy atom. The summed E-state index contributed by atoms with van der Waals surface area (Å²) in [6.07, 6.45) is 0. The van der Waals surface area contributed by atoms with Crippen LogP contribution < -0.4 is 0 Å². The minimum Gasteiger partial charge on any atom is -0.338 e. The number of thiazole rings is 1. The van der Waals surface area contributed by atoms with Crippen molar-refractivity contribution in [2.45, 2.75) is 19.5 Å². The maximum atomic E-state index is 6.06. The third-order valence-corrected chi connectivity index (χ3v) is 6.97. The van der Waals surface area contributed by atoms with Crippen LogP contribution in [0.3, 0.4) is 0 Å². The lowest BCUT2D eigenvalue weighted by Crippen LogP contribution is -2.46. The second-order valence-electron chi connectivity index (χ2n) is 7.53. The van der Waals surface area contributed by atoms with E-state index in [1.165, 1.54) is 9.71 Å². The van der Waals surface area contributed by atoms with Gasteiger partial charge >= 0.3 is 0 Å². The largest absolute Gasteiger partial charge is 0.338 e. The molecule has 0 N–H and O–H groups in total. The van der Waals surface area contributed by atoms with E-state index in [9.17, 15) is 0 Å². The van der Waals surface area contributed by atoms with E-state index in [1.807, 2.05) is 30.3 Å². The molecule has 8 heteroatoms. The molecule has 3 heterocycles. The molecule has 1 atom stereocenters. The standard InChI is InChI=1S/C22H22ClN5OS/c1-15(22-24-18-7-2-3-8-19(18)30-22)28-11-9-27(10-12-28)14-20-25-21(26-29-20)16-5-4-6-17(23)13-16/h2-8,13,15H,9-12,14H2,1H3/t15-/m0/s1. The van der Waals surface area contributed by atoms with Crippen LogP contribution in [-0.4, -0.2) is 51.1 Å². The molecule has 0 spiro atoms. The van der Waals surface area contributed by atoms with Crippen LogP contribution in [0.15, 0.2) is 53.1 Å². The topological polar surface area (TPSA) is 58.3 Å². The van der Waals surface area contributed by atoms with Crippen LogP contribution in [0.5, 0.6) is 0 Å². The molecule has 0 aliphatic carbocycles. The van der Waals surface area contributed by atoms with Crippen molar-refractivity contribution < 1.29 is 4.52 Å². The number of aromatic nitrogens is 3. The lowest BCUT2D eigenvalue weighted by atomic mass is 10.2. The summed E-state index contributed by atoms with van der Waals surface area (Å²) in [5.41, 5.74) is 1.96. The molecule has 2 aromatic heterocycles. The van der Waals surface area contributed by atoms with Crippen molar-refractivity contribution in [2.75, 3.05) is 26.2 Å². The second kappa shape index (κ2) is 8.43. The van der Waals surface area contributed by atoms with Crippen molar-refractivity contribution in [3.63, 3.8) is 0 Å². The number of fused-ring (bicyclic) bond motifs is 1. The van der Waals surface area contributed by atoms with Crippen LogP contribution in [0, 0.1) is 0 Å². The van der Waals surface area contributed by atoms with Gasteiger partial charge in [0.05, 0.1) is 22.8 Å². The van der Waals surface area contributed by atoms with Crippen molar-refractivity contribution in [2.24, 2.45) is 0 Å². The van der Waals surface area contributed by atoms with E-state index >= 15 is 0 Å². The monoisotopic (exact) mass is 439 g/mol. The van der Waals surface area contributed by atoms with Crippen molar-refractivity contribution in [1.82, 2.24) is 24.9 Å². The molecule has 0 radical (unpaired) electrons. The average molecular weight is 440 g/mol. The quantitative estimate of drug-likeness (QED) is 0.441. The number of nitrogens with zero attached hydrogens (tertiary/aromatic N) is 5. The fourth-order valence-electron chi connectivity index (χ4n) is 3.79. The number of piperazine rings is 1. The highest BCUT2D eigenvalue weighted by Crippen LogP contribution is 2.30. The summed E-state index contributed by atoms with van der Waals surface area (Å²) in [5, 5.41) is 5.96. The average Bonchev–Trinajstić information content (AvgIpc) is 3.41. The molecule has 0 unspecified atom stereocenters. The Balaban J connectivity index is 1.19. The lowest BCUT2D eigenvalue weighted by Gasteiger charge is -2.36. The Morgan fingerprint density at radius 1 is 1.07 bits per heavy atom. The molecule has 0 amide bonds. The van der Waals surface area contributed by atoms with Crippen LogP contribution in [0.1, 0.15) is 23.9 Å². The van der Waals surface area contributed by atoms with Gasteiger partial charge in [0.25, 0.3) is 0 Å². The van der Waals surface area contributed by atoms with Gasteiger partial charge in [-0.2, -0.15) is 4.98 Å². The zero-order valence-corrected chi connectivity index (χ0v) is 18.2. The highest BCUT2D eigenvalue weighted by Gasteiger charge is 2.25. The Labute approximate surface area is 184 Å². The summed E-state index contributed by atoms with van der Waals surface area (Å²) in [7, 11) is 0. The summed E-state index contributed by atoms with van der Waals surface area (Å²) in [6, 6.07) is 16.2. The van der Waals surface area contributed by atoms with Crippen molar-refractivity contribution in [3.8, 4) is 11.4 Å². The second-order valence-corrected chi connectivity index (χ2v) is 9.03. The molecule has 1 fully saturated rings. The molecule has 154 valence electrons. The first-order valence-electron chi connectivity index (χ1n) is 10.1. The maximum Gasteiger partial charge on any atom is 0.241 e. The predicted molar refractivity (Wildman–Crippen MR) is 120 cm³/mol. The third-order valence-electron chi connectivity index (χ3n) is 5.53. The third kappa shape index (κ3) is 4.11. The van der Waals surface area contributed by atoms with Crippen LogP contribution in [0.4, 0.5) is 0 Å². The van der Waals surface area contributed by atoms with Crippen LogP contribution in [0.2, 0.25) is 5.02 Å². The van der Waals surface area contributed by atoms with Gasteiger partial charge < -0.3 is 4.52 Å². The molecule has 5 rings (SSSR count). The van der Waals surface area contributed by atoms with Crippen molar-refractivity contribution in [1.29, 1.82) is 0 Å². The molecule has 1 aliphatic rings. The van der Waals surface area contributed by atoms with Gasteiger partial charge in [-0.15, -0.1) is 11.3 Å². The Morgan fingerprint density at radius 2 is 1.90 bits per heavy atom. The van der Waals surface area contributed by atoms with Gasteiger partial charge in [0.1, 0.15) is 5.01 Å². The zero-order chi connectivity index (χ0) is 20.5. The minimum absolute atomic E-state index is 0.322. The molecule has 30 heavy (non-hydrogen) atoms. The van der Waals surface area contributed by atoms with E-state index in [1.54, 1.807) is 11.3 Å². The number of hydrogen-bond donors (Lipinski definition) is 0. The first-order valence-corrected chi connectivity index (χ1v) is 11.3. The molecular formula is C22H22ClN5OS. The van der Waals surface area contributed by atoms with Crippen LogP contribution in [-0.2, 0) is 6.54 Å². The fraction of sp³-hybridized carbons (Fsp3) is 0.318. The summed E-state index contributed by atoms with van der Waals surface area (Å²) >= 11 is 7.86. The van der Waals surface area contributed by atoms with Gasteiger partial charge in [-0.1, -0.05) is 41.0 Å². The molecule has 0 saturated carbocycles. The molecule has 0 bridgehead atoms. The predicted octanol–water partition coefficient (Wildman–Crippen LogP) is 4.88. The fourth-order valence-corrected chi connectivity index (χ4v) is 5.03. The summed E-state index contributed by atoms with van der Waals surface area (Å²) in [4.78, 5) is 14.2. The van der Waals surface area contributed by atoms with E-state index in [-0.39, 0.29) is 0 Å². The highest BCUT2D eigenvalue weighted by molar-refractivity contribution is 7.18. The van der Waals surface area contributed by atoms with Crippen molar-refractivity contribution in [3.05, 3.63) is 64.5 Å². The first kappa shape index (κ1) is 19.6. The maximum absolute atomic E-state index is 6.06. The number of halogens is 1. The Hall–Kier alpha value is -2.32. The summed E-state index contributed by atoms with van der Waals surface area (Å²) in [6.45, 7) is 6.83. The number of rotatable bonds is 5. The molecule has 6 nitrogen and oxygen atoms in total. The smallest absolute Gasteiger partial charge is 0.241 e. The minimum atomic E-state index is 0.322. The normalized spacial score (nSPS) is 16.9. The van der Waals surface area contributed by atoms with E-state index in [0.29, 0.717) is 29.3 Å². The summed E-state index contributed by atoms with van der Waals surface area (Å²) in [5.74, 6) is 1.22. The highest BCUT2D eigenvalue weighted by atomic mass is 35.5. The first-order chi connectivity index (χ1) is 14.7. The van der Waals surface area contributed by atoms with E-state index in [4.69, 9.17) is 21.1 Å². The van der Waals surface area contributed by atoms with Gasteiger partial charge in [0, 0.05) is 36.8 Å². The Bertz CT molecular complexity index is 1120. The number of para-hydroxylation sites is 1. The molecule has 1 aliphatic heterocycles. The van der Waals surface area contributed by atoms with E-state index < -0.39 is 0 Å². The molecule has 1 saturated heterocycles. The van der Waals surface area contributed by atoms with Gasteiger partial charge in [0.2, 0.25) is 11.7 Å². The van der Waals surface area contributed by atoms with Gasteiger partial charge in [-0.05, 0) is 31.2 Å². The van der Waals surface area contributed by atoms with Crippen LogP contribution in [0.25, 0.3) is 21.6 Å². The summed E-state index contributed by atoms with van der Waals surface area (Å²) < 4.78 is 6.73. The van der Waals surface area contributed by atoms with Gasteiger partial charge in [0.15, 0.2) is 0 Å². The molecular weight excluding hydrogens is 418 g/mol. The van der Waals surface area contributed by atoms with Gasteiger partial charge in [-0.25, -0.2) is 4.98 Å². The van der Waals surface area contributed by atoms with E-state index in [2.05, 4.69) is 45.1 Å².